The Balaban J connectivity index is 1.61. The van der Waals surface area contributed by atoms with Crippen LogP contribution in [0.5, 0.6) is 0 Å². The molecular formula is C14H25N5. The zero-order valence-electron chi connectivity index (χ0n) is 12.1. The second-order valence-electron chi connectivity index (χ2n) is 6.16. The number of hydrogen-bond donors (Lipinski definition) is 0. The SMILES string of the molecule is CN1CCN(C[C@@H]2CN(C)Cc3nccn3C2)CC1. The Morgan fingerprint density at radius 3 is 2.68 bits per heavy atom. The maximum atomic E-state index is 4.46. The summed E-state index contributed by atoms with van der Waals surface area (Å²) in [5.74, 6) is 1.92. The van der Waals surface area contributed by atoms with E-state index in [0.717, 1.165) is 13.1 Å². The Hall–Kier alpha value is -0.910. The number of piperazine rings is 1. The maximum absolute atomic E-state index is 4.46. The van der Waals surface area contributed by atoms with Gasteiger partial charge in [0.05, 0.1) is 6.54 Å². The molecule has 0 aromatic carbocycles. The van der Waals surface area contributed by atoms with Gasteiger partial charge in [0.1, 0.15) is 5.82 Å². The minimum absolute atomic E-state index is 0.712. The molecule has 106 valence electrons. The first-order chi connectivity index (χ1) is 9.20. The molecule has 0 N–H and O–H groups in total. The summed E-state index contributed by atoms with van der Waals surface area (Å²) >= 11 is 0. The number of hydrogen-bond acceptors (Lipinski definition) is 4. The van der Waals surface area contributed by atoms with Crippen molar-refractivity contribution in [3.8, 4) is 0 Å². The molecule has 1 atom stereocenters. The van der Waals surface area contributed by atoms with Crippen molar-refractivity contribution >= 4 is 0 Å². The van der Waals surface area contributed by atoms with Crippen molar-refractivity contribution in [2.45, 2.75) is 13.1 Å². The lowest BCUT2D eigenvalue weighted by atomic mass is 10.1. The predicted octanol–water partition coefficient (Wildman–Crippen LogP) is 0.192. The second kappa shape index (κ2) is 5.61. The Morgan fingerprint density at radius 2 is 1.89 bits per heavy atom. The molecule has 0 amide bonds. The van der Waals surface area contributed by atoms with Crippen LogP contribution in [0.4, 0.5) is 0 Å². The van der Waals surface area contributed by atoms with E-state index in [2.05, 4.69) is 44.5 Å². The number of fused-ring (bicyclic) bond motifs is 1. The molecule has 1 aromatic rings. The molecule has 2 aliphatic heterocycles. The van der Waals surface area contributed by atoms with Crippen LogP contribution in [0.25, 0.3) is 0 Å². The molecular weight excluding hydrogens is 238 g/mol. The van der Waals surface area contributed by atoms with E-state index in [1.807, 2.05) is 6.20 Å². The summed E-state index contributed by atoms with van der Waals surface area (Å²) in [5.41, 5.74) is 0. The summed E-state index contributed by atoms with van der Waals surface area (Å²) < 4.78 is 2.34. The number of likely N-dealkylation sites (N-methyl/N-ethyl adjacent to an activating group) is 1. The molecule has 0 saturated carbocycles. The van der Waals surface area contributed by atoms with Gasteiger partial charge in [0.25, 0.3) is 0 Å². The Kier molecular flexibility index (Phi) is 3.86. The summed E-state index contributed by atoms with van der Waals surface area (Å²) in [4.78, 5) is 11.9. The predicted molar refractivity (Wildman–Crippen MR) is 76.0 cm³/mol. The van der Waals surface area contributed by atoms with E-state index in [0.29, 0.717) is 5.92 Å². The molecule has 1 saturated heterocycles. The van der Waals surface area contributed by atoms with Gasteiger partial charge in [0, 0.05) is 64.1 Å². The molecule has 0 unspecified atom stereocenters. The van der Waals surface area contributed by atoms with Gasteiger partial charge in [-0.3, -0.25) is 4.90 Å². The molecule has 0 bridgehead atoms. The van der Waals surface area contributed by atoms with E-state index in [1.165, 1.54) is 45.1 Å². The van der Waals surface area contributed by atoms with Crippen LogP contribution in [0.2, 0.25) is 0 Å². The van der Waals surface area contributed by atoms with Crippen molar-refractivity contribution in [3.05, 3.63) is 18.2 Å². The van der Waals surface area contributed by atoms with Crippen molar-refractivity contribution in [2.75, 3.05) is 53.4 Å². The lowest BCUT2D eigenvalue weighted by Crippen LogP contribution is -2.47. The van der Waals surface area contributed by atoms with Gasteiger partial charge < -0.3 is 14.4 Å². The van der Waals surface area contributed by atoms with Gasteiger partial charge >= 0.3 is 0 Å². The fourth-order valence-electron chi connectivity index (χ4n) is 3.25. The summed E-state index contributed by atoms with van der Waals surface area (Å²) in [6.07, 6.45) is 4.06. The third-order valence-electron chi connectivity index (χ3n) is 4.35. The molecule has 19 heavy (non-hydrogen) atoms. The summed E-state index contributed by atoms with van der Waals surface area (Å²) in [6, 6.07) is 0. The van der Waals surface area contributed by atoms with Gasteiger partial charge in [-0.15, -0.1) is 0 Å². The van der Waals surface area contributed by atoms with Crippen molar-refractivity contribution in [3.63, 3.8) is 0 Å². The standard InChI is InChI=1S/C14H25N5/c1-16-5-7-18(8-6-16)10-13-9-17(2)12-14-15-3-4-19(14)11-13/h3-4,13H,5-12H2,1-2H3/t13-/m0/s1. The molecule has 2 aliphatic rings. The van der Waals surface area contributed by atoms with E-state index in [-0.39, 0.29) is 0 Å². The van der Waals surface area contributed by atoms with Crippen molar-refractivity contribution in [1.82, 2.24) is 24.3 Å². The van der Waals surface area contributed by atoms with Crippen LogP contribution in [0, 0.1) is 5.92 Å². The van der Waals surface area contributed by atoms with Crippen LogP contribution in [-0.2, 0) is 13.1 Å². The normalized spacial score (nSPS) is 27.2. The van der Waals surface area contributed by atoms with Gasteiger partial charge in [-0.05, 0) is 14.1 Å². The zero-order valence-corrected chi connectivity index (χ0v) is 12.1. The number of imidazole rings is 1. The van der Waals surface area contributed by atoms with Crippen molar-refractivity contribution < 1.29 is 0 Å². The molecule has 5 heteroatoms. The average molecular weight is 263 g/mol. The van der Waals surface area contributed by atoms with Gasteiger partial charge in [0.2, 0.25) is 0 Å². The fraction of sp³-hybridized carbons (Fsp3) is 0.786. The smallest absolute Gasteiger partial charge is 0.122 e. The van der Waals surface area contributed by atoms with Gasteiger partial charge in [-0.1, -0.05) is 0 Å². The summed E-state index contributed by atoms with van der Waals surface area (Å²) in [5, 5.41) is 0. The first-order valence-corrected chi connectivity index (χ1v) is 7.30. The molecule has 1 fully saturated rings. The number of nitrogens with zero attached hydrogens (tertiary/aromatic N) is 5. The van der Waals surface area contributed by atoms with Crippen molar-refractivity contribution in [2.24, 2.45) is 5.92 Å². The average Bonchev–Trinajstić information content (AvgIpc) is 2.73. The van der Waals surface area contributed by atoms with E-state index in [9.17, 15) is 0 Å². The summed E-state index contributed by atoms with van der Waals surface area (Å²) in [7, 11) is 4.43. The highest BCUT2D eigenvalue weighted by molar-refractivity contribution is 4.95. The Labute approximate surface area is 115 Å². The largest absolute Gasteiger partial charge is 0.333 e. The van der Waals surface area contributed by atoms with Gasteiger partial charge in [-0.25, -0.2) is 4.98 Å². The quantitative estimate of drug-likeness (QED) is 0.761. The third-order valence-corrected chi connectivity index (χ3v) is 4.35. The van der Waals surface area contributed by atoms with Crippen LogP contribution >= 0.6 is 0 Å². The van der Waals surface area contributed by atoms with E-state index >= 15 is 0 Å². The third kappa shape index (κ3) is 3.16. The molecule has 3 heterocycles. The van der Waals surface area contributed by atoms with Crippen molar-refractivity contribution in [1.29, 1.82) is 0 Å². The Morgan fingerprint density at radius 1 is 1.11 bits per heavy atom. The lowest BCUT2D eigenvalue weighted by Gasteiger charge is -2.35. The minimum Gasteiger partial charge on any atom is -0.333 e. The lowest BCUT2D eigenvalue weighted by molar-refractivity contribution is 0.122. The molecule has 0 spiro atoms. The second-order valence-corrected chi connectivity index (χ2v) is 6.16. The minimum atomic E-state index is 0.712. The number of aromatic nitrogens is 2. The van der Waals surface area contributed by atoms with Crippen LogP contribution in [0.1, 0.15) is 5.82 Å². The molecule has 1 aromatic heterocycles. The highest BCUT2D eigenvalue weighted by Gasteiger charge is 2.23. The molecule has 0 aliphatic carbocycles. The first-order valence-electron chi connectivity index (χ1n) is 7.30. The van der Waals surface area contributed by atoms with E-state index < -0.39 is 0 Å². The molecule has 3 rings (SSSR count). The Bertz CT molecular complexity index is 408. The van der Waals surface area contributed by atoms with E-state index in [4.69, 9.17) is 0 Å². The van der Waals surface area contributed by atoms with Gasteiger partial charge in [-0.2, -0.15) is 0 Å². The zero-order chi connectivity index (χ0) is 13.2. The molecule has 5 nitrogen and oxygen atoms in total. The monoisotopic (exact) mass is 263 g/mol. The van der Waals surface area contributed by atoms with Crippen LogP contribution in [0.3, 0.4) is 0 Å². The maximum Gasteiger partial charge on any atom is 0.122 e. The summed E-state index contributed by atoms with van der Waals surface area (Å²) in [6.45, 7) is 9.34. The topological polar surface area (TPSA) is 27.5 Å². The van der Waals surface area contributed by atoms with Crippen LogP contribution in [-0.4, -0.2) is 77.6 Å². The molecule has 0 radical (unpaired) electrons. The first kappa shape index (κ1) is 13.1. The highest BCUT2D eigenvalue weighted by Crippen LogP contribution is 2.15. The highest BCUT2D eigenvalue weighted by atomic mass is 15.3. The number of rotatable bonds is 2. The van der Waals surface area contributed by atoms with E-state index in [1.54, 1.807) is 0 Å². The fourth-order valence-corrected chi connectivity index (χ4v) is 3.25. The van der Waals surface area contributed by atoms with Gasteiger partial charge in [0.15, 0.2) is 0 Å². The van der Waals surface area contributed by atoms with Crippen LogP contribution < -0.4 is 0 Å². The van der Waals surface area contributed by atoms with Crippen LogP contribution in [0.15, 0.2) is 12.4 Å².